The molecular weight excluding hydrogens is 355 g/mol. The van der Waals surface area contributed by atoms with E-state index in [9.17, 15) is 13.2 Å². The van der Waals surface area contributed by atoms with Crippen molar-refractivity contribution in [3.63, 3.8) is 0 Å². The lowest BCUT2D eigenvalue weighted by molar-refractivity contribution is 0.550. The Kier molecular flexibility index (Phi) is 4.73. The first-order chi connectivity index (χ1) is 9.38. The van der Waals surface area contributed by atoms with Gasteiger partial charge in [0.1, 0.15) is 17.5 Å². The summed E-state index contributed by atoms with van der Waals surface area (Å²) in [6.07, 6.45) is 0.0427. The Morgan fingerprint density at radius 2 is 1.80 bits per heavy atom. The highest BCUT2D eigenvalue weighted by Gasteiger charge is 2.16. The third-order valence-corrected chi connectivity index (χ3v) is 4.09. The molecule has 0 aliphatic heterocycles. The van der Waals surface area contributed by atoms with E-state index in [1.54, 1.807) is 0 Å². The molecule has 106 valence electrons. The zero-order chi connectivity index (χ0) is 14.9. The Bertz CT molecular complexity index is 649. The molecule has 0 heterocycles. The van der Waals surface area contributed by atoms with Crippen LogP contribution in [0, 0.1) is 17.5 Å². The summed E-state index contributed by atoms with van der Waals surface area (Å²) >= 11 is 8.99. The second kappa shape index (κ2) is 6.16. The summed E-state index contributed by atoms with van der Waals surface area (Å²) in [5.41, 5.74) is 6.28. The molecule has 0 aliphatic carbocycles. The van der Waals surface area contributed by atoms with E-state index >= 15 is 0 Å². The zero-order valence-electron chi connectivity index (χ0n) is 10.1. The van der Waals surface area contributed by atoms with Crippen molar-refractivity contribution >= 4 is 27.5 Å². The maximum absolute atomic E-state index is 13.8. The smallest absolute Gasteiger partial charge is 0.129 e. The fourth-order valence-electron chi connectivity index (χ4n) is 1.86. The van der Waals surface area contributed by atoms with Crippen LogP contribution in [-0.2, 0) is 6.42 Å². The topological polar surface area (TPSA) is 26.0 Å². The Morgan fingerprint density at radius 1 is 1.10 bits per heavy atom. The van der Waals surface area contributed by atoms with Crippen LogP contribution in [0.3, 0.4) is 0 Å². The van der Waals surface area contributed by atoms with E-state index in [-0.39, 0.29) is 17.5 Å². The molecule has 1 atom stereocenters. The molecule has 2 aromatic carbocycles. The molecule has 0 saturated carbocycles. The fourth-order valence-corrected chi connectivity index (χ4v) is 2.34. The van der Waals surface area contributed by atoms with E-state index in [1.807, 2.05) is 0 Å². The number of rotatable bonds is 3. The summed E-state index contributed by atoms with van der Waals surface area (Å²) < 4.78 is 40.6. The maximum Gasteiger partial charge on any atom is 0.129 e. The molecule has 1 unspecified atom stereocenters. The minimum Gasteiger partial charge on any atom is -0.324 e. The van der Waals surface area contributed by atoms with E-state index in [4.69, 9.17) is 17.3 Å². The molecule has 0 fully saturated rings. The van der Waals surface area contributed by atoms with Crippen LogP contribution in [-0.4, -0.2) is 0 Å². The molecule has 1 nitrogen and oxygen atoms in total. The van der Waals surface area contributed by atoms with Gasteiger partial charge >= 0.3 is 0 Å². The molecule has 20 heavy (non-hydrogen) atoms. The van der Waals surface area contributed by atoms with Crippen LogP contribution >= 0.6 is 27.5 Å². The molecule has 0 radical (unpaired) electrons. The van der Waals surface area contributed by atoms with Crippen LogP contribution in [0.25, 0.3) is 0 Å². The van der Waals surface area contributed by atoms with Gasteiger partial charge in [-0.3, -0.25) is 0 Å². The molecule has 0 saturated heterocycles. The summed E-state index contributed by atoms with van der Waals surface area (Å²) in [4.78, 5) is 0. The predicted octanol–water partition coefficient (Wildman–Crippen LogP) is 4.76. The molecular formula is C14H10BrClF3N. The maximum atomic E-state index is 13.8. The number of hydrogen-bond acceptors (Lipinski definition) is 1. The minimum atomic E-state index is -0.777. The molecule has 2 aromatic rings. The fraction of sp³-hybridized carbons (Fsp3) is 0.143. The van der Waals surface area contributed by atoms with Gasteiger partial charge in [-0.05, 0) is 46.1 Å². The highest BCUT2D eigenvalue weighted by molar-refractivity contribution is 9.10. The lowest BCUT2D eigenvalue weighted by Crippen LogP contribution is -2.16. The summed E-state index contributed by atoms with van der Waals surface area (Å²) in [5.74, 6) is -1.90. The van der Waals surface area contributed by atoms with E-state index in [0.29, 0.717) is 9.50 Å². The van der Waals surface area contributed by atoms with Crippen molar-refractivity contribution in [1.82, 2.24) is 0 Å². The van der Waals surface area contributed by atoms with E-state index in [0.717, 1.165) is 12.1 Å². The van der Waals surface area contributed by atoms with Crippen LogP contribution in [0.4, 0.5) is 13.2 Å². The van der Waals surface area contributed by atoms with Crippen molar-refractivity contribution in [1.29, 1.82) is 0 Å². The summed E-state index contributed by atoms with van der Waals surface area (Å²) in [5, 5.41) is 0.316. The molecule has 2 rings (SSSR count). The average Bonchev–Trinajstić information content (AvgIpc) is 2.37. The quantitative estimate of drug-likeness (QED) is 0.781. The molecule has 0 amide bonds. The SMILES string of the molecule is NC(Cc1ccc(F)cc1F)c1cc(Cl)c(Br)cc1F. The molecule has 2 N–H and O–H groups in total. The van der Waals surface area contributed by atoms with E-state index < -0.39 is 23.5 Å². The number of nitrogens with two attached hydrogens (primary N) is 1. The third-order valence-electron chi connectivity index (χ3n) is 2.89. The minimum absolute atomic E-state index is 0.0427. The van der Waals surface area contributed by atoms with Crippen molar-refractivity contribution in [3.05, 3.63) is 68.4 Å². The first kappa shape index (κ1) is 15.4. The first-order valence-electron chi connectivity index (χ1n) is 5.72. The zero-order valence-corrected chi connectivity index (χ0v) is 12.5. The molecule has 0 bridgehead atoms. The predicted molar refractivity (Wildman–Crippen MR) is 76.1 cm³/mol. The van der Waals surface area contributed by atoms with Gasteiger partial charge in [-0.2, -0.15) is 0 Å². The second-order valence-corrected chi connectivity index (χ2v) is 5.60. The average molecular weight is 365 g/mol. The third kappa shape index (κ3) is 3.34. The Balaban J connectivity index is 2.28. The van der Waals surface area contributed by atoms with Gasteiger partial charge in [-0.15, -0.1) is 0 Å². The second-order valence-electron chi connectivity index (χ2n) is 4.33. The van der Waals surface area contributed by atoms with Crippen molar-refractivity contribution < 1.29 is 13.2 Å². The lowest BCUT2D eigenvalue weighted by atomic mass is 9.99. The first-order valence-corrected chi connectivity index (χ1v) is 6.89. The van der Waals surface area contributed by atoms with Gasteiger partial charge in [0.05, 0.1) is 5.02 Å². The highest BCUT2D eigenvalue weighted by Crippen LogP contribution is 2.29. The number of hydrogen-bond donors (Lipinski definition) is 1. The summed E-state index contributed by atoms with van der Waals surface area (Å²) in [7, 11) is 0. The van der Waals surface area contributed by atoms with Crippen molar-refractivity contribution in [2.24, 2.45) is 5.73 Å². The molecule has 0 aliphatic rings. The van der Waals surface area contributed by atoms with Crippen LogP contribution in [0.2, 0.25) is 5.02 Å². The van der Waals surface area contributed by atoms with Crippen molar-refractivity contribution in [2.75, 3.05) is 0 Å². The molecule has 0 aromatic heterocycles. The van der Waals surface area contributed by atoms with Crippen LogP contribution < -0.4 is 5.73 Å². The van der Waals surface area contributed by atoms with Gasteiger partial charge in [0, 0.05) is 22.1 Å². The van der Waals surface area contributed by atoms with Gasteiger partial charge in [-0.25, -0.2) is 13.2 Å². The van der Waals surface area contributed by atoms with Crippen LogP contribution in [0.5, 0.6) is 0 Å². The lowest BCUT2D eigenvalue weighted by Gasteiger charge is -2.14. The monoisotopic (exact) mass is 363 g/mol. The summed E-state index contributed by atoms with van der Waals surface area (Å²) in [6, 6.07) is 5.03. The van der Waals surface area contributed by atoms with E-state index in [1.165, 1.54) is 18.2 Å². The number of benzene rings is 2. The van der Waals surface area contributed by atoms with Gasteiger partial charge in [0.2, 0.25) is 0 Å². The normalized spacial score (nSPS) is 12.5. The highest BCUT2D eigenvalue weighted by atomic mass is 79.9. The van der Waals surface area contributed by atoms with E-state index in [2.05, 4.69) is 15.9 Å². The van der Waals surface area contributed by atoms with Gasteiger partial charge < -0.3 is 5.73 Å². The summed E-state index contributed by atoms with van der Waals surface area (Å²) in [6.45, 7) is 0. The van der Waals surface area contributed by atoms with Gasteiger partial charge in [0.15, 0.2) is 0 Å². The van der Waals surface area contributed by atoms with Crippen LogP contribution in [0.1, 0.15) is 17.2 Å². The van der Waals surface area contributed by atoms with Crippen LogP contribution in [0.15, 0.2) is 34.8 Å². The Hall–Kier alpha value is -1.04. The van der Waals surface area contributed by atoms with Crippen molar-refractivity contribution in [2.45, 2.75) is 12.5 Å². The van der Waals surface area contributed by atoms with Crippen molar-refractivity contribution in [3.8, 4) is 0 Å². The Morgan fingerprint density at radius 3 is 2.45 bits per heavy atom. The Labute approximate surface area is 127 Å². The number of halogens is 5. The largest absolute Gasteiger partial charge is 0.324 e. The van der Waals surface area contributed by atoms with Gasteiger partial charge in [0.25, 0.3) is 0 Å². The molecule has 0 spiro atoms. The molecule has 6 heteroatoms. The standard InChI is InChI=1S/C14H10BrClF3N/c15-10-6-13(19)9(5-11(10)16)14(20)3-7-1-2-8(17)4-12(7)18/h1-2,4-6,14H,3,20H2. The van der Waals surface area contributed by atoms with Gasteiger partial charge in [-0.1, -0.05) is 17.7 Å².